The van der Waals surface area contributed by atoms with Crippen LogP contribution >= 0.6 is 0 Å². The minimum absolute atomic E-state index is 0.0251. The number of benzene rings is 1. The number of hydrogen-bond donors (Lipinski definition) is 6. The number of rotatable bonds is 5. The van der Waals surface area contributed by atoms with Crippen LogP contribution < -0.4 is 5.73 Å². The fourth-order valence-electron chi connectivity index (χ4n) is 4.91. The summed E-state index contributed by atoms with van der Waals surface area (Å²) in [4.78, 5) is 19.9. The second-order valence-electron chi connectivity index (χ2n) is 8.96. The van der Waals surface area contributed by atoms with Crippen molar-refractivity contribution in [3.63, 3.8) is 0 Å². The number of aliphatic hydroxyl groups excluding tert-OH is 4. The third-order valence-corrected chi connectivity index (χ3v) is 6.73. The number of aromatic nitrogens is 6. The maximum Gasteiger partial charge on any atom is 0.167 e. The molecule has 2 saturated heterocycles. The summed E-state index contributed by atoms with van der Waals surface area (Å²) in [5, 5.41) is 42.7. The Kier molecular flexibility index (Phi) is 5.40. The van der Waals surface area contributed by atoms with Crippen LogP contribution in [-0.4, -0.2) is 86.5 Å². The van der Waals surface area contributed by atoms with Crippen LogP contribution in [0.1, 0.15) is 31.0 Å². The molecule has 35 heavy (non-hydrogen) atoms. The molecule has 2 aliphatic rings. The zero-order chi connectivity index (χ0) is 24.3. The van der Waals surface area contributed by atoms with Crippen molar-refractivity contribution in [2.75, 3.05) is 5.73 Å². The number of nitrogens with zero attached hydrogens (tertiary/aromatic N) is 5. The second-order valence-corrected chi connectivity index (χ2v) is 8.96. The maximum atomic E-state index is 10.9. The largest absolute Gasteiger partial charge is 0.390 e. The molecule has 8 atom stereocenters. The van der Waals surface area contributed by atoms with Crippen LogP contribution in [0.2, 0.25) is 0 Å². The fraction of sp³-hybridized carbons (Fsp3) is 0.455. The normalized spacial score (nSPS) is 32.1. The molecule has 2 unspecified atom stereocenters. The van der Waals surface area contributed by atoms with Gasteiger partial charge in [0.25, 0.3) is 0 Å². The maximum absolute atomic E-state index is 10.9. The van der Waals surface area contributed by atoms with E-state index in [-0.39, 0.29) is 18.7 Å². The smallest absolute Gasteiger partial charge is 0.167 e. The Labute approximate surface area is 198 Å². The number of ether oxygens (including phenoxy) is 2. The van der Waals surface area contributed by atoms with Crippen molar-refractivity contribution >= 4 is 28.0 Å². The first kappa shape index (κ1) is 22.3. The Hall–Kier alpha value is -3.20. The zero-order valence-electron chi connectivity index (χ0n) is 18.4. The topological polar surface area (TPSA) is 198 Å². The standard InChI is InChI=1S/C22H25N7O6/c23-20-15-22(25-7-24-20)29(8-26-15)14-6-11(30)13(34-14)5-12(31)18-16(32)17(33)19(35-18)21-27-9-3-1-2-4-10(9)28-21/h1-4,7-8,11-14,16-19,30-33H,5-6H2,(H,27,28)(H2,23,24,25)/t11-,12?,13+,14+,16-,17+,18+,19?/m0/s1. The number of nitrogens with two attached hydrogens (primary N) is 1. The molecule has 0 spiro atoms. The Morgan fingerprint density at radius 1 is 1.11 bits per heavy atom. The second kappa shape index (κ2) is 8.48. The van der Waals surface area contributed by atoms with Crippen molar-refractivity contribution in [2.24, 2.45) is 0 Å². The predicted molar refractivity (Wildman–Crippen MR) is 121 cm³/mol. The Morgan fingerprint density at radius 3 is 2.77 bits per heavy atom. The molecule has 13 heteroatoms. The number of anilines is 1. The number of H-pyrrole nitrogens is 1. The number of aromatic amines is 1. The van der Waals surface area contributed by atoms with Crippen molar-refractivity contribution in [3.05, 3.63) is 42.7 Å². The van der Waals surface area contributed by atoms with E-state index in [1.165, 1.54) is 12.7 Å². The lowest BCUT2D eigenvalue weighted by molar-refractivity contribution is -0.0990. The van der Waals surface area contributed by atoms with Gasteiger partial charge in [0.1, 0.15) is 48.3 Å². The molecule has 3 aromatic heterocycles. The molecular weight excluding hydrogens is 458 g/mol. The van der Waals surface area contributed by atoms with E-state index in [2.05, 4.69) is 24.9 Å². The van der Waals surface area contributed by atoms with E-state index in [0.717, 1.165) is 5.52 Å². The van der Waals surface area contributed by atoms with Crippen LogP contribution in [0.5, 0.6) is 0 Å². The molecule has 0 radical (unpaired) electrons. The summed E-state index contributed by atoms with van der Waals surface area (Å²) in [6.07, 6.45) is -5.06. The van der Waals surface area contributed by atoms with E-state index >= 15 is 0 Å². The number of fused-ring (bicyclic) bond motifs is 2. The minimum Gasteiger partial charge on any atom is -0.390 e. The van der Waals surface area contributed by atoms with E-state index in [0.29, 0.717) is 22.5 Å². The van der Waals surface area contributed by atoms with Gasteiger partial charge in [-0.15, -0.1) is 0 Å². The lowest BCUT2D eigenvalue weighted by atomic mass is 9.98. The Bertz CT molecular complexity index is 1330. The quantitative estimate of drug-likeness (QED) is 0.215. The van der Waals surface area contributed by atoms with Gasteiger partial charge >= 0.3 is 0 Å². The summed E-state index contributed by atoms with van der Waals surface area (Å²) in [5.74, 6) is 0.599. The van der Waals surface area contributed by atoms with E-state index in [1.807, 2.05) is 24.3 Å². The average molecular weight is 483 g/mol. The van der Waals surface area contributed by atoms with Crippen molar-refractivity contribution in [1.82, 2.24) is 29.5 Å². The monoisotopic (exact) mass is 483 g/mol. The number of aliphatic hydroxyl groups is 4. The van der Waals surface area contributed by atoms with Gasteiger partial charge in [-0.05, 0) is 12.1 Å². The van der Waals surface area contributed by atoms with Gasteiger partial charge < -0.3 is 40.6 Å². The molecule has 7 N–H and O–H groups in total. The molecule has 2 fully saturated rings. The first-order valence-corrected chi connectivity index (χ1v) is 11.3. The lowest BCUT2D eigenvalue weighted by Crippen LogP contribution is -2.41. The van der Waals surface area contributed by atoms with Gasteiger partial charge in [0.05, 0.1) is 35.7 Å². The minimum atomic E-state index is -1.35. The van der Waals surface area contributed by atoms with Crippen LogP contribution in [-0.2, 0) is 9.47 Å². The number of para-hydroxylation sites is 2. The Balaban J connectivity index is 1.15. The number of nitrogen functional groups attached to an aromatic ring is 1. The summed E-state index contributed by atoms with van der Waals surface area (Å²) < 4.78 is 13.5. The van der Waals surface area contributed by atoms with Crippen LogP contribution in [0.15, 0.2) is 36.9 Å². The molecule has 13 nitrogen and oxygen atoms in total. The van der Waals surface area contributed by atoms with Gasteiger partial charge in [0.2, 0.25) is 0 Å². The highest BCUT2D eigenvalue weighted by atomic mass is 16.6. The SMILES string of the molecule is Nc1ncnc2c1ncn2[C@H]1C[C@H](O)[C@@H](CC(O)[C@H]2OC(c3nc4ccccc4[nH]3)[C@H](O)[C@@H]2O)O1. The summed E-state index contributed by atoms with van der Waals surface area (Å²) in [5.41, 5.74) is 8.22. The molecule has 0 amide bonds. The van der Waals surface area contributed by atoms with Crippen LogP contribution in [0.25, 0.3) is 22.2 Å². The molecule has 5 heterocycles. The van der Waals surface area contributed by atoms with Gasteiger partial charge in [-0.25, -0.2) is 19.9 Å². The van der Waals surface area contributed by atoms with Gasteiger partial charge in [-0.1, -0.05) is 12.1 Å². The molecule has 4 aromatic rings. The number of hydrogen-bond acceptors (Lipinski definition) is 11. The molecule has 2 aliphatic heterocycles. The molecule has 1 aromatic carbocycles. The highest BCUT2D eigenvalue weighted by Crippen LogP contribution is 2.38. The van der Waals surface area contributed by atoms with E-state index in [1.54, 1.807) is 4.57 Å². The molecule has 0 bridgehead atoms. The van der Waals surface area contributed by atoms with Gasteiger partial charge in [-0.3, -0.25) is 4.57 Å². The molecule has 184 valence electrons. The van der Waals surface area contributed by atoms with Crippen molar-refractivity contribution in [2.45, 2.75) is 61.8 Å². The van der Waals surface area contributed by atoms with Crippen molar-refractivity contribution in [3.8, 4) is 0 Å². The first-order valence-electron chi connectivity index (χ1n) is 11.3. The fourth-order valence-corrected chi connectivity index (χ4v) is 4.91. The van der Waals surface area contributed by atoms with Gasteiger partial charge in [-0.2, -0.15) is 0 Å². The summed E-state index contributed by atoms with van der Waals surface area (Å²) in [6, 6.07) is 7.36. The Morgan fingerprint density at radius 2 is 1.94 bits per heavy atom. The number of imidazole rings is 2. The van der Waals surface area contributed by atoms with Crippen LogP contribution in [0, 0.1) is 0 Å². The number of nitrogens with one attached hydrogen (secondary N) is 1. The first-order chi connectivity index (χ1) is 16.9. The summed E-state index contributed by atoms with van der Waals surface area (Å²) in [7, 11) is 0. The molecule has 0 saturated carbocycles. The van der Waals surface area contributed by atoms with Gasteiger partial charge in [0, 0.05) is 12.8 Å². The molecule has 0 aliphatic carbocycles. The summed E-state index contributed by atoms with van der Waals surface area (Å²) in [6.45, 7) is 0. The van der Waals surface area contributed by atoms with E-state index in [4.69, 9.17) is 15.2 Å². The lowest BCUT2D eigenvalue weighted by Gasteiger charge is -2.24. The highest BCUT2D eigenvalue weighted by molar-refractivity contribution is 5.81. The third-order valence-electron chi connectivity index (χ3n) is 6.73. The van der Waals surface area contributed by atoms with Crippen molar-refractivity contribution < 1.29 is 29.9 Å². The summed E-state index contributed by atoms with van der Waals surface area (Å²) >= 11 is 0. The van der Waals surface area contributed by atoms with Crippen LogP contribution in [0.4, 0.5) is 5.82 Å². The van der Waals surface area contributed by atoms with Gasteiger partial charge in [0.15, 0.2) is 11.5 Å². The van der Waals surface area contributed by atoms with Crippen molar-refractivity contribution in [1.29, 1.82) is 0 Å². The predicted octanol–water partition coefficient (Wildman–Crippen LogP) is -0.454. The average Bonchev–Trinajstić information content (AvgIpc) is 3.60. The van der Waals surface area contributed by atoms with Crippen LogP contribution in [0.3, 0.4) is 0 Å². The highest BCUT2D eigenvalue weighted by Gasteiger charge is 2.49. The molecular formula is C22H25N7O6. The zero-order valence-corrected chi connectivity index (χ0v) is 18.4. The van der Waals surface area contributed by atoms with E-state index < -0.39 is 49.0 Å². The third kappa shape index (κ3) is 3.73. The molecule has 6 rings (SSSR count). The van der Waals surface area contributed by atoms with E-state index in [9.17, 15) is 20.4 Å².